The van der Waals surface area contributed by atoms with Gasteiger partial charge in [0.25, 0.3) is 0 Å². The molecular formula is C70H54F6N2. The van der Waals surface area contributed by atoms with Crippen LogP contribution in [0.5, 0.6) is 0 Å². The van der Waals surface area contributed by atoms with Crippen molar-refractivity contribution < 1.29 is 26.3 Å². The van der Waals surface area contributed by atoms with Crippen molar-refractivity contribution in [1.29, 1.82) is 0 Å². The maximum Gasteiger partial charge on any atom is 0.416 e. The van der Waals surface area contributed by atoms with Crippen LogP contribution in [-0.2, 0) is 12.4 Å². The van der Waals surface area contributed by atoms with Crippen LogP contribution in [0.3, 0.4) is 0 Å². The molecule has 0 saturated heterocycles. The van der Waals surface area contributed by atoms with Crippen LogP contribution in [0, 0.1) is 55.4 Å². The van der Waals surface area contributed by atoms with Gasteiger partial charge in [-0.15, -0.1) is 0 Å². The average molecular weight is 1040 g/mol. The molecule has 386 valence electrons. The molecule has 2 nitrogen and oxygen atoms in total. The largest absolute Gasteiger partial charge is 0.416 e. The summed E-state index contributed by atoms with van der Waals surface area (Å²) in [6, 6.07) is 56.2. The molecule has 0 aliphatic rings. The van der Waals surface area contributed by atoms with Crippen molar-refractivity contribution in [2.24, 2.45) is 0 Å². The summed E-state index contributed by atoms with van der Waals surface area (Å²) in [5.74, 6) is 0. The summed E-state index contributed by atoms with van der Waals surface area (Å²) in [7, 11) is 0. The number of aromatic nitrogens is 2. The molecule has 10 aromatic carbocycles. The number of fused-ring (bicyclic) bond motifs is 6. The Morgan fingerprint density at radius 3 is 0.872 bits per heavy atom. The fourth-order valence-corrected chi connectivity index (χ4v) is 12.1. The average Bonchev–Trinajstić information content (AvgIpc) is 4.05. The van der Waals surface area contributed by atoms with Gasteiger partial charge in [0.2, 0.25) is 0 Å². The second-order valence-corrected chi connectivity index (χ2v) is 21.3. The number of halogens is 6. The Labute approximate surface area is 449 Å². The fourth-order valence-electron chi connectivity index (χ4n) is 12.1. The number of nitrogens with zero attached hydrogens (tertiary/aromatic N) is 2. The summed E-state index contributed by atoms with van der Waals surface area (Å²) >= 11 is 0. The van der Waals surface area contributed by atoms with Crippen molar-refractivity contribution in [3.63, 3.8) is 0 Å². The van der Waals surface area contributed by atoms with Crippen molar-refractivity contribution in [2.75, 3.05) is 0 Å². The first-order valence-electron chi connectivity index (χ1n) is 26.1. The van der Waals surface area contributed by atoms with E-state index in [9.17, 15) is 0 Å². The molecule has 0 spiro atoms. The number of hydrogen-bond acceptors (Lipinski definition) is 0. The molecule has 0 bridgehead atoms. The van der Waals surface area contributed by atoms with Crippen LogP contribution in [0.1, 0.15) is 55.6 Å². The summed E-state index contributed by atoms with van der Waals surface area (Å²) in [5.41, 5.74) is 17.4. The van der Waals surface area contributed by atoms with E-state index in [1.807, 2.05) is 85.4 Å². The van der Waals surface area contributed by atoms with Gasteiger partial charge in [0.1, 0.15) is 0 Å². The molecular weight excluding hydrogens is 983 g/mol. The van der Waals surface area contributed by atoms with Gasteiger partial charge >= 0.3 is 12.4 Å². The van der Waals surface area contributed by atoms with E-state index in [-0.39, 0.29) is 22.5 Å². The lowest BCUT2D eigenvalue weighted by Crippen LogP contribution is -2.11. The Morgan fingerprint density at radius 1 is 0.282 bits per heavy atom. The first-order chi connectivity index (χ1) is 37.2. The van der Waals surface area contributed by atoms with Crippen molar-refractivity contribution in [3.8, 4) is 67.0 Å². The molecule has 0 atom stereocenters. The normalized spacial score (nSPS) is 12.2. The van der Waals surface area contributed by atoms with Gasteiger partial charge in [-0.3, -0.25) is 0 Å². The lowest BCUT2D eigenvalue weighted by molar-refractivity contribution is -0.138. The molecule has 0 fully saturated rings. The van der Waals surface area contributed by atoms with E-state index in [0.717, 1.165) is 135 Å². The Kier molecular flexibility index (Phi) is 11.9. The third-order valence-corrected chi connectivity index (χ3v) is 15.7. The maximum atomic E-state index is 16.1. The van der Waals surface area contributed by atoms with Gasteiger partial charge in [0.15, 0.2) is 0 Å². The van der Waals surface area contributed by atoms with Gasteiger partial charge < -0.3 is 9.13 Å². The lowest BCUT2D eigenvalue weighted by atomic mass is 9.95. The number of benzene rings is 10. The number of hydrogen-bond donors (Lipinski definition) is 0. The molecule has 2 heterocycles. The van der Waals surface area contributed by atoms with Crippen molar-refractivity contribution >= 4 is 43.6 Å². The zero-order valence-corrected chi connectivity index (χ0v) is 44.5. The Hall–Kier alpha value is -8.62. The SMILES string of the molecule is Cc1ccc(-c2ccc3c(c2)c2cc(-c4ccc(C)cc4C)ccc2n3-c2cc(C(F)(F)F)cc(-n3c4ccc(-c5ccc(C)cc5C)cc4c4cc(-c5ccc(C)cc5C)ccc43)c2-c2cccc(C(F)(F)F)c2)c(C)c1. The van der Waals surface area contributed by atoms with Gasteiger partial charge in [-0.1, -0.05) is 131 Å². The predicted molar refractivity (Wildman–Crippen MR) is 310 cm³/mol. The van der Waals surface area contributed by atoms with Crippen molar-refractivity contribution in [2.45, 2.75) is 67.7 Å². The smallest absolute Gasteiger partial charge is 0.309 e. The molecule has 2 aromatic heterocycles. The van der Waals surface area contributed by atoms with Gasteiger partial charge in [-0.2, -0.15) is 26.3 Å². The fraction of sp³-hybridized carbons (Fsp3) is 0.143. The van der Waals surface area contributed by atoms with E-state index < -0.39 is 23.5 Å². The minimum atomic E-state index is -4.88. The molecule has 0 amide bonds. The molecule has 0 N–H and O–H groups in total. The monoisotopic (exact) mass is 1040 g/mol. The minimum absolute atomic E-state index is 0.0754. The van der Waals surface area contributed by atoms with E-state index in [0.29, 0.717) is 22.1 Å². The first-order valence-corrected chi connectivity index (χ1v) is 26.1. The van der Waals surface area contributed by atoms with Crippen molar-refractivity contribution in [3.05, 3.63) is 238 Å². The number of rotatable bonds is 7. The van der Waals surface area contributed by atoms with Crippen LogP contribution < -0.4 is 0 Å². The highest BCUT2D eigenvalue weighted by Crippen LogP contribution is 2.48. The van der Waals surface area contributed by atoms with Gasteiger partial charge in [0.05, 0.1) is 44.6 Å². The lowest BCUT2D eigenvalue weighted by Gasteiger charge is -2.23. The molecule has 0 radical (unpaired) electrons. The second kappa shape index (κ2) is 18.5. The van der Waals surface area contributed by atoms with Crippen LogP contribution in [0.2, 0.25) is 0 Å². The highest BCUT2D eigenvalue weighted by molar-refractivity contribution is 6.14. The topological polar surface area (TPSA) is 9.86 Å². The van der Waals surface area contributed by atoms with E-state index in [1.54, 1.807) is 6.07 Å². The summed E-state index contributed by atoms with van der Waals surface area (Å²) in [6.45, 7) is 16.4. The van der Waals surface area contributed by atoms with Crippen LogP contribution in [0.25, 0.3) is 111 Å². The maximum absolute atomic E-state index is 16.1. The summed E-state index contributed by atoms with van der Waals surface area (Å²) < 4.78 is 97.1. The predicted octanol–water partition coefficient (Wildman–Crippen LogP) is 20.7. The molecule has 0 aliphatic heterocycles. The molecule has 78 heavy (non-hydrogen) atoms. The molecule has 12 rings (SSSR count). The summed E-state index contributed by atoms with van der Waals surface area (Å²) in [4.78, 5) is 0. The minimum Gasteiger partial charge on any atom is -0.309 e. The van der Waals surface area contributed by atoms with E-state index in [1.165, 1.54) is 6.07 Å². The van der Waals surface area contributed by atoms with E-state index >= 15 is 26.3 Å². The van der Waals surface area contributed by atoms with Gasteiger partial charge in [0, 0.05) is 27.1 Å². The van der Waals surface area contributed by atoms with Crippen LogP contribution >= 0.6 is 0 Å². The Balaban J connectivity index is 1.23. The highest BCUT2D eigenvalue weighted by Gasteiger charge is 2.36. The van der Waals surface area contributed by atoms with Gasteiger partial charge in [-0.25, -0.2) is 0 Å². The van der Waals surface area contributed by atoms with Gasteiger partial charge in [-0.05, 0) is 201 Å². The Morgan fingerprint density at radius 2 is 0.590 bits per heavy atom. The molecule has 0 saturated carbocycles. The molecule has 0 unspecified atom stereocenters. The first kappa shape index (κ1) is 50.2. The van der Waals surface area contributed by atoms with Crippen molar-refractivity contribution in [1.82, 2.24) is 9.13 Å². The standard InChI is InChI=1S/C70H54F6N2/c1-39-12-20-54(43(5)28-39)47-16-24-62-58(33-47)59-34-48(55-21-13-40(2)29-44(55)6)17-25-63(59)77(62)66-37-53(70(74,75)76)38-67(68(66)51-10-9-11-52(32-51)69(71,72)73)78-64-26-18-49(56-22-14-41(3)30-45(56)7)35-60(64)61-36-50(19-27-65(61)78)57-23-15-42(4)31-46(57)8/h9-38H,1-8H3. The zero-order valence-electron chi connectivity index (χ0n) is 44.5. The molecule has 8 heteroatoms. The number of aryl methyl sites for hydroxylation is 8. The number of alkyl halides is 6. The van der Waals surface area contributed by atoms with E-state index in [2.05, 4.69) is 125 Å². The molecule has 12 aromatic rings. The van der Waals surface area contributed by atoms with Crippen LogP contribution in [0.4, 0.5) is 26.3 Å². The van der Waals surface area contributed by atoms with Crippen LogP contribution in [0.15, 0.2) is 182 Å². The van der Waals surface area contributed by atoms with Crippen LogP contribution in [-0.4, -0.2) is 9.13 Å². The Bertz CT molecular complexity index is 3980. The molecule has 0 aliphatic carbocycles. The third kappa shape index (κ3) is 8.64. The summed E-state index contributed by atoms with van der Waals surface area (Å²) in [5, 5.41) is 3.10. The van der Waals surface area contributed by atoms with E-state index in [4.69, 9.17) is 0 Å². The summed E-state index contributed by atoms with van der Waals surface area (Å²) in [6.07, 6.45) is -9.64. The second-order valence-electron chi connectivity index (χ2n) is 21.3. The highest BCUT2D eigenvalue weighted by atomic mass is 19.4. The quantitative estimate of drug-likeness (QED) is 0.141. The zero-order chi connectivity index (χ0) is 54.7. The third-order valence-electron chi connectivity index (χ3n) is 15.7.